The van der Waals surface area contributed by atoms with Crippen LogP contribution in [-0.2, 0) is 21.1 Å². The fourth-order valence-corrected chi connectivity index (χ4v) is 2.85. The third kappa shape index (κ3) is 3.20. The summed E-state index contributed by atoms with van der Waals surface area (Å²) in [5, 5.41) is 20.2. The summed E-state index contributed by atoms with van der Waals surface area (Å²) in [6, 6.07) is 0. The second-order valence-corrected chi connectivity index (χ2v) is 7.58. The van der Waals surface area contributed by atoms with Gasteiger partial charge in [0.05, 0.1) is 12.9 Å². The number of aliphatic hydroxyl groups is 2. The van der Waals surface area contributed by atoms with Crippen LogP contribution in [0.5, 0.6) is 0 Å². The van der Waals surface area contributed by atoms with Gasteiger partial charge in [-0.05, 0) is 11.8 Å². The van der Waals surface area contributed by atoms with Crippen molar-refractivity contribution in [1.29, 1.82) is 0 Å². The Morgan fingerprint density at radius 3 is 2.74 bits per heavy atom. The smallest absolute Gasteiger partial charge is 0.321 e. The molecule has 0 bridgehead atoms. The molecule has 3 heterocycles. The van der Waals surface area contributed by atoms with Crippen LogP contribution >= 0.6 is 6.72 Å². The van der Waals surface area contributed by atoms with Crippen molar-refractivity contribution >= 4 is 35.5 Å². The van der Waals surface area contributed by atoms with Crippen LogP contribution in [-0.4, -0.2) is 64.4 Å². The molecule has 4 atom stereocenters. The Kier molecular flexibility index (Phi) is 4.33. The minimum absolute atomic E-state index is 0.169. The van der Waals surface area contributed by atoms with E-state index in [1.165, 1.54) is 17.2 Å². The highest BCUT2D eigenvalue weighted by Crippen LogP contribution is 2.39. The molecule has 6 N–H and O–H groups in total. The van der Waals surface area contributed by atoms with Gasteiger partial charge in [-0.25, -0.2) is 15.0 Å². The lowest BCUT2D eigenvalue weighted by Gasteiger charge is -2.16. The van der Waals surface area contributed by atoms with Crippen LogP contribution in [0.2, 0.25) is 0 Å². The number of nitrogens with two attached hydrogens (primary N) is 1. The van der Waals surface area contributed by atoms with Crippen molar-refractivity contribution in [3.63, 3.8) is 0 Å². The first kappa shape index (κ1) is 16.6. The van der Waals surface area contributed by atoms with Gasteiger partial charge in [0.1, 0.15) is 30.2 Å². The molecule has 1 aliphatic rings. The number of aliphatic hydroxyl groups excluding tert-OH is 2. The Morgan fingerprint density at radius 1 is 1.30 bits per heavy atom. The summed E-state index contributed by atoms with van der Waals surface area (Å²) in [7, 11) is 0. The van der Waals surface area contributed by atoms with Gasteiger partial charge in [-0.15, -0.1) is 0 Å². The second kappa shape index (κ2) is 6.00. The fraction of sp³-hybridized carbons (Fsp3) is 0.500. The molecule has 0 radical (unpaired) electrons. The first-order valence-electron chi connectivity index (χ1n) is 6.42. The number of nitrogen functional groups attached to an aromatic ring is 1. The molecule has 1 aliphatic heterocycles. The number of aromatic nitrogens is 4. The third-order valence-electron chi connectivity index (χ3n) is 3.41. The number of nitrogens with zero attached hydrogens (tertiary/aromatic N) is 4. The predicted molar refractivity (Wildman–Crippen MR) is 80.3 cm³/mol. The summed E-state index contributed by atoms with van der Waals surface area (Å²) in [5.74, 6) is 0.169. The Hall–Kier alpha value is -1.24. The molecule has 11 nitrogen and oxygen atoms in total. The van der Waals surface area contributed by atoms with Crippen LogP contribution in [0.15, 0.2) is 12.7 Å². The molecule has 0 aliphatic carbocycles. The molecule has 0 unspecified atom stereocenters. The lowest BCUT2D eigenvalue weighted by molar-refractivity contribution is -0.0487. The topological polar surface area (TPSA) is 169 Å². The number of anilines is 1. The average molecular weight is 363 g/mol. The minimum Gasteiger partial charge on any atom is -0.387 e. The third-order valence-corrected chi connectivity index (χ3v) is 4.21. The summed E-state index contributed by atoms with van der Waals surface area (Å²) in [4.78, 5) is 30.0. The van der Waals surface area contributed by atoms with Crippen molar-refractivity contribution in [2.45, 2.75) is 24.5 Å². The van der Waals surface area contributed by atoms with Gasteiger partial charge in [0.15, 0.2) is 17.7 Å². The van der Waals surface area contributed by atoms with Crippen LogP contribution in [0.1, 0.15) is 6.23 Å². The highest BCUT2D eigenvalue weighted by atomic mass is 32.5. The second-order valence-electron chi connectivity index (χ2n) is 4.92. The highest BCUT2D eigenvalue weighted by molar-refractivity contribution is 8.06. The van der Waals surface area contributed by atoms with Gasteiger partial charge in [0.25, 0.3) is 0 Å². The van der Waals surface area contributed by atoms with Crippen molar-refractivity contribution in [3.05, 3.63) is 12.7 Å². The molecule has 0 amide bonds. The van der Waals surface area contributed by atoms with Gasteiger partial charge in [0, 0.05) is 0 Å². The molecule has 2 aromatic rings. The van der Waals surface area contributed by atoms with Crippen LogP contribution in [0.25, 0.3) is 11.2 Å². The van der Waals surface area contributed by atoms with E-state index in [4.69, 9.17) is 20.3 Å². The number of ether oxygens (including phenoxy) is 1. The lowest BCUT2D eigenvalue weighted by Crippen LogP contribution is -2.33. The number of rotatable bonds is 4. The minimum atomic E-state index is -3.89. The summed E-state index contributed by atoms with van der Waals surface area (Å²) >= 11 is 4.33. The Morgan fingerprint density at radius 2 is 2.04 bits per heavy atom. The maximum Gasteiger partial charge on any atom is 0.321 e. The van der Waals surface area contributed by atoms with Gasteiger partial charge in [0.2, 0.25) is 0 Å². The number of imidazole rings is 1. The maximum atomic E-state index is 10.2. The summed E-state index contributed by atoms with van der Waals surface area (Å²) in [6.45, 7) is -4.27. The fourth-order valence-electron chi connectivity index (χ4n) is 2.32. The van der Waals surface area contributed by atoms with Gasteiger partial charge in [-0.3, -0.25) is 4.57 Å². The number of fused-ring (bicyclic) bond motifs is 1. The van der Waals surface area contributed by atoms with E-state index in [1.54, 1.807) is 0 Å². The van der Waals surface area contributed by atoms with Crippen LogP contribution in [0.3, 0.4) is 0 Å². The Balaban J connectivity index is 1.85. The van der Waals surface area contributed by atoms with E-state index >= 15 is 0 Å². The van der Waals surface area contributed by atoms with Crippen LogP contribution in [0.4, 0.5) is 5.82 Å². The summed E-state index contributed by atoms with van der Waals surface area (Å²) in [5.41, 5.74) is 6.35. The molecule has 0 saturated carbocycles. The Labute approximate surface area is 134 Å². The standard InChI is InChI=1S/C10H14N5O6PS/c11-8-5-9(13-2-12-8)15(3-14-5)10-7(17)6(16)4(21-10)1-20-22(18,19)23/h2-4,6-7,10,16-17H,1H2,(H2,11,12,13)(H2,18,19,23)/t4-,6+,7-,10-/m1/s1. The van der Waals surface area contributed by atoms with Crippen molar-refractivity contribution in [2.24, 2.45) is 0 Å². The van der Waals surface area contributed by atoms with E-state index in [2.05, 4.69) is 31.3 Å². The van der Waals surface area contributed by atoms with Crippen LogP contribution < -0.4 is 5.73 Å². The molecule has 1 saturated heterocycles. The molecule has 1 fully saturated rings. The van der Waals surface area contributed by atoms with E-state index in [-0.39, 0.29) is 12.4 Å². The SMILES string of the molecule is Nc1ncnc2c1ncn2[C@@H]1O[C@H](COP(O)(O)=S)[C@H](O)[C@H]1O. The number of hydrogen-bond acceptors (Lipinski definition) is 9. The van der Waals surface area contributed by atoms with Crippen molar-refractivity contribution in [3.8, 4) is 0 Å². The summed E-state index contributed by atoms with van der Waals surface area (Å²) < 4.78 is 11.6. The molecule has 13 heteroatoms. The van der Waals surface area contributed by atoms with E-state index in [0.29, 0.717) is 11.2 Å². The molecule has 126 valence electrons. The van der Waals surface area contributed by atoms with Crippen molar-refractivity contribution in [2.75, 3.05) is 12.3 Å². The number of hydrogen-bond donors (Lipinski definition) is 5. The summed E-state index contributed by atoms with van der Waals surface area (Å²) in [6.07, 6.45) is -2.06. The maximum absolute atomic E-state index is 10.2. The van der Waals surface area contributed by atoms with E-state index < -0.39 is 31.3 Å². The van der Waals surface area contributed by atoms with E-state index in [1.807, 2.05) is 0 Å². The lowest BCUT2D eigenvalue weighted by atomic mass is 10.1. The van der Waals surface area contributed by atoms with Gasteiger partial charge < -0.3 is 35.0 Å². The zero-order valence-corrected chi connectivity index (χ0v) is 13.2. The zero-order valence-electron chi connectivity index (χ0n) is 11.5. The Bertz CT molecular complexity index is 767. The molecular weight excluding hydrogens is 349 g/mol. The quantitative estimate of drug-likeness (QED) is 0.391. The largest absolute Gasteiger partial charge is 0.387 e. The van der Waals surface area contributed by atoms with Crippen molar-refractivity contribution < 1.29 is 29.3 Å². The first-order chi connectivity index (χ1) is 10.8. The zero-order chi connectivity index (χ0) is 16.8. The van der Waals surface area contributed by atoms with E-state index in [9.17, 15) is 10.2 Å². The highest BCUT2D eigenvalue weighted by Gasteiger charge is 2.44. The predicted octanol–water partition coefficient (Wildman–Crippen LogP) is -1.75. The van der Waals surface area contributed by atoms with Crippen molar-refractivity contribution in [1.82, 2.24) is 19.5 Å². The molecular formula is C10H14N5O6PS. The molecule has 3 rings (SSSR count). The normalized spacial score (nSPS) is 28.5. The molecule has 2 aromatic heterocycles. The molecule has 0 spiro atoms. The van der Waals surface area contributed by atoms with Gasteiger partial charge >= 0.3 is 6.72 Å². The van der Waals surface area contributed by atoms with Crippen LogP contribution in [0, 0.1) is 0 Å². The van der Waals surface area contributed by atoms with E-state index in [0.717, 1.165) is 0 Å². The van der Waals surface area contributed by atoms with Gasteiger partial charge in [-0.1, -0.05) is 0 Å². The monoisotopic (exact) mass is 363 g/mol. The average Bonchev–Trinajstić information content (AvgIpc) is 3.01. The van der Waals surface area contributed by atoms with Gasteiger partial charge in [-0.2, -0.15) is 0 Å². The first-order valence-corrected chi connectivity index (χ1v) is 9.05. The molecule has 0 aromatic carbocycles. The molecule has 23 heavy (non-hydrogen) atoms.